The van der Waals surface area contributed by atoms with Gasteiger partial charge in [0.2, 0.25) is 0 Å². The Morgan fingerprint density at radius 2 is 2.00 bits per heavy atom. The summed E-state index contributed by atoms with van der Waals surface area (Å²) in [5.74, 6) is 0.223. The number of nitrogens with one attached hydrogen (secondary N) is 1. The molecule has 0 unspecified atom stereocenters. The zero-order valence-corrected chi connectivity index (χ0v) is 11.7. The first kappa shape index (κ1) is 13.2. The molecule has 0 fully saturated rings. The second-order valence-corrected chi connectivity index (χ2v) is 4.87. The van der Waals surface area contributed by atoms with Gasteiger partial charge in [0, 0.05) is 11.8 Å². The average molecular weight is 282 g/mol. The van der Waals surface area contributed by atoms with Crippen LogP contribution in [0.1, 0.15) is 18.2 Å². The molecule has 3 rings (SSSR count). The van der Waals surface area contributed by atoms with Crippen LogP contribution in [-0.4, -0.2) is 10.8 Å². The number of allylic oxidation sites excluding steroid dienone is 2. The summed E-state index contributed by atoms with van der Waals surface area (Å²) in [6.45, 7) is 3.47. The van der Waals surface area contributed by atoms with E-state index < -0.39 is 5.63 Å². The monoisotopic (exact) mass is 282 g/mol. The summed E-state index contributed by atoms with van der Waals surface area (Å²) < 4.78 is 5.06. The van der Waals surface area contributed by atoms with Gasteiger partial charge in [0.1, 0.15) is 17.1 Å². The van der Waals surface area contributed by atoms with Crippen LogP contribution >= 0.6 is 0 Å². The van der Waals surface area contributed by atoms with E-state index in [1.165, 1.54) is 6.07 Å². The lowest BCUT2D eigenvalue weighted by atomic mass is 10.1. The quantitative estimate of drug-likeness (QED) is 0.842. The molecule has 1 aliphatic heterocycles. The summed E-state index contributed by atoms with van der Waals surface area (Å²) in [7, 11) is 0. The van der Waals surface area contributed by atoms with Crippen molar-refractivity contribution < 1.29 is 9.52 Å². The Morgan fingerprint density at radius 1 is 1.24 bits per heavy atom. The molecule has 1 aromatic heterocycles. The fourth-order valence-electron chi connectivity index (χ4n) is 2.25. The number of aliphatic imine (C=N–C) groups is 1. The van der Waals surface area contributed by atoms with Crippen molar-refractivity contribution >= 4 is 17.1 Å². The Kier molecular flexibility index (Phi) is 3.10. The fourth-order valence-corrected chi connectivity index (χ4v) is 2.25. The topological polar surface area (TPSA) is 74.8 Å². The maximum absolute atomic E-state index is 12.0. The predicted octanol–water partition coefficient (Wildman–Crippen LogP) is 3.10. The fraction of sp³-hybridized carbons (Fsp3) is 0.125. The number of rotatable bonds is 1. The van der Waals surface area contributed by atoms with E-state index in [4.69, 9.17) is 4.42 Å². The maximum Gasteiger partial charge on any atom is 0.349 e. The molecule has 0 radical (unpaired) electrons. The first-order valence-electron chi connectivity index (χ1n) is 6.52. The summed E-state index contributed by atoms with van der Waals surface area (Å²) in [6.07, 6.45) is 1.71. The largest absolute Gasteiger partial charge is 0.507 e. The molecule has 0 spiro atoms. The molecule has 0 atom stereocenters. The number of hydrogen-bond acceptors (Lipinski definition) is 5. The van der Waals surface area contributed by atoms with E-state index in [-0.39, 0.29) is 11.3 Å². The van der Waals surface area contributed by atoms with Crippen LogP contribution in [0, 0.1) is 6.92 Å². The van der Waals surface area contributed by atoms with Gasteiger partial charge in [0.25, 0.3) is 0 Å². The number of hydrogen-bond donors (Lipinski definition) is 2. The molecule has 5 heteroatoms. The van der Waals surface area contributed by atoms with Crippen molar-refractivity contribution in [3.63, 3.8) is 0 Å². The molecule has 5 nitrogen and oxygen atoms in total. The molecule has 0 saturated carbocycles. The second-order valence-electron chi connectivity index (χ2n) is 4.87. The van der Waals surface area contributed by atoms with Crippen LogP contribution in [0.25, 0.3) is 0 Å². The lowest BCUT2D eigenvalue weighted by Gasteiger charge is -2.05. The van der Waals surface area contributed by atoms with Crippen LogP contribution in [-0.2, 0) is 0 Å². The third-order valence-corrected chi connectivity index (χ3v) is 3.14. The highest BCUT2D eigenvalue weighted by atomic mass is 16.4. The molecule has 0 bridgehead atoms. The highest BCUT2D eigenvalue weighted by Gasteiger charge is 2.17. The van der Waals surface area contributed by atoms with E-state index in [1.807, 2.05) is 31.2 Å². The van der Waals surface area contributed by atoms with Crippen molar-refractivity contribution in [1.82, 2.24) is 0 Å². The SMILES string of the molecule is CC1=CC(c2c(O)cc(C)oc2=O)=Nc2ccccc2N1. The molecule has 2 N–H and O–H groups in total. The van der Waals surface area contributed by atoms with Gasteiger partial charge >= 0.3 is 5.63 Å². The molecule has 1 aromatic carbocycles. The Bertz CT molecular complexity index is 832. The Labute approximate surface area is 121 Å². The highest BCUT2D eigenvalue weighted by Crippen LogP contribution is 2.30. The number of benzene rings is 1. The number of anilines is 1. The van der Waals surface area contributed by atoms with Crippen LogP contribution in [0.3, 0.4) is 0 Å². The van der Waals surface area contributed by atoms with E-state index in [1.54, 1.807) is 13.0 Å². The van der Waals surface area contributed by atoms with Crippen molar-refractivity contribution in [2.75, 3.05) is 5.32 Å². The molecule has 2 heterocycles. The third-order valence-electron chi connectivity index (χ3n) is 3.14. The molecule has 2 aromatic rings. The van der Waals surface area contributed by atoms with Crippen molar-refractivity contribution in [3.05, 3.63) is 63.8 Å². The minimum Gasteiger partial charge on any atom is -0.507 e. The van der Waals surface area contributed by atoms with E-state index >= 15 is 0 Å². The van der Waals surface area contributed by atoms with E-state index in [0.717, 1.165) is 11.4 Å². The molecule has 0 aliphatic carbocycles. The van der Waals surface area contributed by atoms with E-state index in [2.05, 4.69) is 10.3 Å². The second kappa shape index (κ2) is 4.94. The summed E-state index contributed by atoms with van der Waals surface area (Å²) >= 11 is 0. The molecule has 106 valence electrons. The zero-order valence-electron chi connectivity index (χ0n) is 11.7. The lowest BCUT2D eigenvalue weighted by molar-refractivity contribution is 0.432. The van der Waals surface area contributed by atoms with Crippen molar-refractivity contribution in [2.24, 2.45) is 4.99 Å². The summed E-state index contributed by atoms with van der Waals surface area (Å²) in [5.41, 5.74) is 2.19. The zero-order chi connectivity index (χ0) is 15.0. The normalized spacial score (nSPS) is 13.6. The standard InChI is InChI=1S/C16H14N2O3/c1-9-7-13(15-14(19)8-10(2)21-16(15)20)18-12-6-4-3-5-11(12)17-9/h3-8,17,19H,1-2H3. The molecule has 1 aliphatic rings. The van der Waals surface area contributed by atoms with Crippen molar-refractivity contribution in [2.45, 2.75) is 13.8 Å². The van der Waals surface area contributed by atoms with Crippen LogP contribution in [0.15, 0.2) is 56.3 Å². The van der Waals surface area contributed by atoms with Gasteiger partial charge in [-0.3, -0.25) is 0 Å². The lowest BCUT2D eigenvalue weighted by Crippen LogP contribution is -2.14. The summed E-state index contributed by atoms with van der Waals surface area (Å²) in [5, 5.41) is 13.3. The van der Waals surface area contributed by atoms with Crippen LogP contribution in [0.5, 0.6) is 5.75 Å². The molecule has 21 heavy (non-hydrogen) atoms. The third kappa shape index (κ3) is 2.45. The van der Waals surface area contributed by atoms with E-state index in [9.17, 15) is 9.90 Å². The number of para-hydroxylation sites is 2. The minimum absolute atomic E-state index is 0.0680. The minimum atomic E-state index is -0.602. The van der Waals surface area contributed by atoms with Gasteiger partial charge in [-0.2, -0.15) is 0 Å². The van der Waals surface area contributed by atoms with Gasteiger partial charge < -0.3 is 14.8 Å². The van der Waals surface area contributed by atoms with Gasteiger partial charge in [-0.1, -0.05) is 12.1 Å². The first-order valence-corrected chi connectivity index (χ1v) is 6.52. The van der Waals surface area contributed by atoms with Crippen LogP contribution < -0.4 is 10.9 Å². The molecule has 0 saturated heterocycles. The van der Waals surface area contributed by atoms with Gasteiger partial charge in [0.15, 0.2) is 0 Å². The van der Waals surface area contributed by atoms with Crippen molar-refractivity contribution in [3.8, 4) is 5.75 Å². The van der Waals surface area contributed by atoms with Crippen LogP contribution in [0.4, 0.5) is 11.4 Å². The van der Waals surface area contributed by atoms with Gasteiger partial charge in [0.05, 0.1) is 17.1 Å². The maximum atomic E-state index is 12.0. The first-order chi connectivity index (χ1) is 10.0. The molecular weight excluding hydrogens is 268 g/mol. The van der Waals surface area contributed by atoms with Crippen LogP contribution in [0.2, 0.25) is 0 Å². The number of aromatic hydroxyl groups is 1. The van der Waals surface area contributed by atoms with Gasteiger partial charge in [-0.05, 0) is 32.1 Å². The summed E-state index contributed by atoms with van der Waals surface area (Å²) in [6, 6.07) is 8.90. The Hall–Kier alpha value is -2.82. The number of aryl methyl sites for hydroxylation is 1. The Morgan fingerprint density at radius 3 is 2.76 bits per heavy atom. The van der Waals surface area contributed by atoms with E-state index in [0.29, 0.717) is 17.2 Å². The molecule has 0 amide bonds. The number of nitrogens with zero attached hydrogens (tertiary/aromatic N) is 1. The average Bonchev–Trinajstić information content (AvgIpc) is 2.55. The Balaban J connectivity index is 2.25. The predicted molar refractivity (Wildman–Crippen MR) is 81.4 cm³/mol. The van der Waals surface area contributed by atoms with Gasteiger partial charge in [-0.25, -0.2) is 9.79 Å². The summed E-state index contributed by atoms with van der Waals surface area (Å²) in [4.78, 5) is 16.5. The number of fused-ring (bicyclic) bond motifs is 1. The van der Waals surface area contributed by atoms with Gasteiger partial charge in [-0.15, -0.1) is 0 Å². The van der Waals surface area contributed by atoms with Crippen molar-refractivity contribution in [1.29, 1.82) is 0 Å². The highest BCUT2D eigenvalue weighted by molar-refractivity contribution is 6.12. The molecular formula is C16H14N2O3. The smallest absolute Gasteiger partial charge is 0.349 e.